The zero-order valence-corrected chi connectivity index (χ0v) is 19.1. The van der Waals surface area contributed by atoms with Crippen molar-refractivity contribution in [2.24, 2.45) is 12.0 Å². The van der Waals surface area contributed by atoms with Crippen LogP contribution in [0.4, 0.5) is 0 Å². The second kappa shape index (κ2) is 9.18. The van der Waals surface area contributed by atoms with E-state index in [0.717, 1.165) is 0 Å². The van der Waals surface area contributed by atoms with Crippen LogP contribution >= 0.6 is 0 Å². The van der Waals surface area contributed by atoms with Crippen molar-refractivity contribution in [1.29, 1.82) is 0 Å². The van der Waals surface area contributed by atoms with Crippen LogP contribution in [0.1, 0.15) is 27.6 Å². The molecular weight excluding hydrogens is 440 g/mol. The highest BCUT2D eigenvalue weighted by molar-refractivity contribution is 5.97. The lowest BCUT2D eigenvalue weighted by molar-refractivity contribution is 0.0523. The average Bonchev–Trinajstić information content (AvgIpc) is 2.85. The molecule has 34 heavy (non-hydrogen) atoms. The molecule has 4 aromatic rings. The number of benzene rings is 1. The zero-order chi connectivity index (χ0) is 24.4. The van der Waals surface area contributed by atoms with Gasteiger partial charge in [0.1, 0.15) is 28.4 Å². The number of carbonyl (C=O) groups excluding carboxylic acids is 2. The van der Waals surface area contributed by atoms with Gasteiger partial charge in [-0.2, -0.15) is 4.99 Å². The van der Waals surface area contributed by atoms with Gasteiger partial charge in [0.2, 0.25) is 0 Å². The molecule has 10 heteroatoms. The maximum atomic E-state index is 13.1. The van der Waals surface area contributed by atoms with Crippen LogP contribution in [0.15, 0.2) is 58.4 Å². The van der Waals surface area contributed by atoms with E-state index in [1.54, 1.807) is 44.4 Å². The Labute approximate surface area is 193 Å². The minimum atomic E-state index is -0.715. The largest absolute Gasteiger partial charge is 0.497 e. The monoisotopic (exact) mass is 462 g/mol. The fourth-order valence-electron chi connectivity index (χ4n) is 3.55. The highest BCUT2D eigenvalue weighted by Gasteiger charge is 2.19. The van der Waals surface area contributed by atoms with E-state index in [9.17, 15) is 14.4 Å². The molecular formula is C24H22N4O6. The molecule has 0 radical (unpaired) electrons. The normalized spacial score (nSPS) is 11.6. The molecule has 0 unspecified atom stereocenters. The number of aromatic nitrogens is 3. The molecule has 3 aromatic heterocycles. The molecule has 0 spiro atoms. The van der Waals surface area contributed by atoms with Crippen LogP contribution < -0.4 is 20.5 Å². The van der Waals surface area contributed by atoms with Crippen molar-refractivity contribution < 1.29 is 23.8 Å². The van der Waals surface area contributed by atoms with Gasteiger partial charge in [0, 0.05) is 24.9 Å². The second-order valence-corrected chi connectivity index (χ2v) is 7.26. The van der Waals surface area contributed by atoms with E-state index in [-0.39, 0.29) is 39.8 Å². The van der Waals surface area contributed by atoms with E-state index in [2.05, 4.69) is 9.98 Å². The number of hydrogen-bond donors (Lipinski definition) is 0. The van der Waals surface area contributed by atoms with Gasteiger partial charge in [-0.15, -0.1) is 0 Å². The molecule has 174 valence electrons. The summed E-state index contributed by atoms with van der Waals surface area (Å²) in [6.45, 7) is 1.77. The Morgan fingerprint density at radius 3 is 2.41 bits per heavy atom. The standard InChI is InChI=1S/C24H22N4O6/c1-5-34-24(31)18-13-17-20(25-19-8-6-7-9-28(19)23(17)30)27(2)21(18)26-22(29)14-10-15(32-3)12-16(11-14)33-4/h6-13H,5H2,1-4H3. The minimum Gasteiger partial charge on any atom is -0.497 e. The number of aryl methyl sites for hydroxylation is 1. The number of esters is 1. The van der Waals surface area contributed by atoms with Crippen molar-refractivity contribution in [3.05, 3.63) is 75.6 Å². The fourth-order valence-corrected chi connectivity index (χ4v) is 3.55. The molecule has 0 atom stereocenters. The number of rotatable bonds is 5. The fraction of sp³-hybridized carbons (Fsp3) is 0.208. The van der Waals surface area contributed by atoms with Crippen molar-refractivity contribution in [2.75, 3.05) is 20.8 Å². The van der Waals surface area contributed by atoms with Crippen LogP contribution in [-0.2, 0) is 11.8 Å². The Hall–Kier alpha value is -4.47. The predicted molar refractivity (Wildman–Crippen MR) is 123 cm³/mol. The molecule has 1 aromatic carbocycles. The van der Waals surface area contributed by atoms with Crippen LogP contribution in [-0.4, -0.2) is 46.7 Å². The summed E-state index contributed by atoms with van der Waals surface area (Å²) < 4.78 is 18.4. The van der Waals surface area contributed by atoms with E-state index < -0.39 is 11.9 Å². The Bertz CT molecular complexity index is 1550. The number of amides is 1. The number of hydrogen-bond acceptors (Lipinski definition) is 7. The number of methoxy groups -OCH3 is 2. The molecule has 0 aliphatic heterocycles. The third-order valence-corrected chi connectivity index (χ3v) is 5.22. The molecule has 1 amide bonds. The molecule has 3 heterocycles. The summed E-state index contributed by atoms with van der Waals surface area (Å²) in [5, 5.41) is 0.184. The minimum absolute atomic E-state index is 0.00455. The summed E-state index contributed by atoms with van der Waals surface area (Å²) in [5.41, 5.74) is 0.475. The topological polar surface area (TPSA) is 113 Å². The van der Waals surface area contributed by atoms with Crippen LogP contribution in [0.2, 0.25) is 0 Å². The molecule has 0 aliphatic rings. The number of carbonyl (C=O) groups is 2. The predicted octanol–water partition coefficient (Wildman–Crippen LogP) is 2.12. The second-order valence-electron chi connectivity index (χ2n) is 7.26. The smallest absolute Gasteiger partial charge is 0.341 e. The Morgan fingerprint density at radius 1 is 1.06 bits per heavy atom. The number of nitrogens with zero attached hydrogens (tertiary/aromatic N) is 4. The molecule has 0 aliphatic carbocycles. The Balaban J connectivity index is 2.03. The summed E-state index contributed by atoms with van der Waals surface area (Å²) >= 11 is 0. The van der Waals surface area contributed by atoms with Gasteiger partial charge >= 0.3 is 5.97 Å². The van der Waals surface area contributed by atoms with Crippen molar-refractivity contribution in [3.8, 4) is 11.5 Å². The van der Waals surface area contributed by atoms with E-state index in [1.165, 1.54) is 41.4 Å². The molecule has 10 nitrogen and oxygen atoms in total. The van der Waals surface area contributed by atoms with Gasteiger partial charge in [-0.1, -0.05) is 6.07 Å². The highest BCUT2D eigenvalue weighted by Crippen LogP contribution is 2.23. The van der Waals surface area contributed by atoms with Crippen molar-refractivity contribution in [2.45, 2.75) is 6.92 Å². The maximum absolute atomic E-state index is 13.1. The van der Waals surface area contributed by atoms with E-state index in [4.69, 9.17) is 14.2 Å². The lowest BCUT2D eigenvalue weighted by Crippen LogP contribution is -2.31. The third kappa shape index (κ3) is 4.01. The highest BCUT2D eigenvalue weighted by atomic mass is 16.5. The molecule has 0 saturated carbocycles. The van der Waals surface area contributed by atoms with Crippen molar-refractivity contribution in [3.63, 3.8) is 0 Å². The summed E-state index contributed by atoms with van der Waals surface area (Å²) in [4.78, 5) is 47.7. The van der Waals surface area contributed by atoms with Crippen LogP contribution in [0.5, 0.6) is 11.5 Å². The quantitative estimate of drug-likeness (QED) is 0.330. The van der Waals surface area contributed by atoms with E-state index >= 15 is 0 Å². The van der Waals surface area contributed by atoms with Crippen molar-refractivity contribution >= 4 is 28.6 Å². The Morgan fingerprint density at radius 2 is 1.76 bits per heavy atom. The SMILES string of the molecule is CCOC(=O)c1cc2c(=O)n3ccccc3nc2n(C)c1=NC(=O)c1cc(OC)cc(OC)c1. The van der Waals surface area contributed by atoms with Crippen LogP contribution in [0, 0.1) is 0 Å². The summed E-state index contributed by atoms with van der Waals surface area (Å²) in [6, 6.07) is 11.2. The van der Waals surface area contributed by atoms with Crippen molar-refractivity contribution in [1.82, 2.24) is 14.0 Å². The first-order chi connectivity index (χ1) is 16.4. The van der Waals surface area contributed by atoms with Gasteiger partial charge in [-0.3, -0.25) is 14.0 Å². The van der Waals surface area contributed by atoms with Gasteiger partial charge in [-0.05, 0) is 37.3 Å². The van der Waals surface area contributed by atoms with Gasteiger partial charge in [0.05, 0.1) is 26.2 Å². The third-order valence-electron chi connectivity index (χ3n) is 5.22. The molecule has 0 saturated heterocycles. The molecule has 0 N–H and O–H groups in total. The lowest BCUT2D eigenvalue weighted by Gasteiger charge is -2.11. The molecule has 0 fully saturated rings. The maximum Gasteiger partial charge on any atom is 0.341 e. The zero-order valence-electron chi connectivity index (χ0n) is 19.1. The first kappa shape index (κ1) is 22.7. The Kier molecular flexibility index (Phi) is 6.13. The summed E-state index contributed by atoms with van der Waals surface area (Å²) in [7, 11) is 4.52. The molecule has 0 bridgehead atoms. The first-order valence-corrected chi connectivity index (χ1v) is 10.4. The molecule has 4 rings (SSSR count). The van der Waals surface area contributed by atoms with E-state index in [0.29, 0.717) is 17.1 Å². The summed E-state index contributed by atoms with van der Waals surface area (Å²) in [5.74, 6) is -0.539. The van der Waals surface area contributed by atoms with Gasteiger partial charge in [0.15, 0.2) is 5.49 Å². The lowest BCUT2D eigenvalue weighted by atomic mass is 10.2. The average molecular weight is 462 g/mol. The van der Waals surface area contributed by atoms with Gasteiger partial charge < -0.3 is 18.8 Å². The summed E-state index contributed by atoms with van der Waals surface area (Å²) in [6.07, 6.45) is 1.59. The van der Waals surface area contributed by atoms with Crippen LogP contribution in [0.25, 0.3) is 16.7 Å². The van der Waals surface area contributed by atoms with Gasteiger partial charge in [-0.25, -0.2) is 9.78 Å². The number of fused-ring (bicyclic) bond motifs is 2. The first-order valence-electron chi connectivity index (χ1n) is 10.4. The number of ether oxygens (including phenoxy) is 3. The van der Waals surface area contributed by atoms with Gasteiger partial charge in [0.25, 0.3) is 11.5 Å². The number of pyridine rings is 2. The van der Waals surface area contributed by atoms with E-state index in [1.807, 2.05) is 0 Å². The van der Waals surface area contributed by atoms with Crippen LogP contribution in [0.3, 0.4) is 0 Å².